The molecule has 1 saturated carbocycles. The quantitative estimate of drug-likeness (QED) is 0.399. The average Bonchev–Trinajstić information content (AvgIpc) is 3.49. The Balaban J connectivity index is 1.29. The van der Waals surface area contributed by atoms with E-state index in [4.69, 9.17) is 0 Å². The van der Waals surface area contributed by atoms with Crippen molar-refractivity contribution in [1.82, 2.24) is 19.2 Å². The zero-order valence-corrected chi connectivity index (χ0v) is 23.4. The highest BCUT2D eigenvalue weighted by molar-refractivity contribution is 5.73. The fourth-order valence-electron chi connectivity index (χ4n) is 7.09. The molecule has 2 fully saturated rings. The highest BCUT2D eigenvalue weighted by Crippen LogP contribution is 2.43. The summed E-state index contributed by atoms with van der Waals surface area (Å²) < 4.78 is 30.4. The van der Waals surface area contributed by atoms with Crippen LogP contribution in [0.2, 0.25) is 0 Å². The molecule has 1 aliphatic carbocycles. The maximum atomic E-state index is 14.3. The molecular formula is C31H40F2N4O2. The molecule has 1 saturated heterocycles. The number of fused-ring (bicyclic) bond motifs is 1. The smallest absolute Gasteiger partial charge is 0.321 e. The predicted molar refractivity (Wildman–Crippen MR) is 148 cm³/mol. The number of aryl methyl sites for hydroxylation is 1. The number of hydrogen-bond acceptors (Lipinski definition) is 4. The molecular weight excluding hydrogens is 498 g/mol. The van der Waals surface area contributed by atoms with Gasteiger partial charge in [0.1, 0.15) is 23.3 Å². The van der Waals surface area contributed by atoms with Gasteiger partial charge in [0.15, 0.2) is 0 Å². The first-order valence-corrected chi connectivity index (χ1v) is 14.2. The van der Waals surface area contributed by atoms with Crippen LogP contribution in [0.4, 0.5) is 8.78 Å². The van der Waals surface area contributed by atoms with Gasteiger partial charge in [-0.25, -0.2) is 13.8 Å². The summed E-state index contributed by atoms with van der Waals surface area (Å²) in [5.41, 5.74) is 3.46. The fourth-order valence-corrected chi connectivity index (χ4v) is 7.09. The zero-order valence-electron chi connectivity index (χ0n) is 23.4. The van der Waals surface area contributed by atoms with E-state index < -0.39 is 12.0 Å². The lowest BCUT2D eigenvalue weighted by atomic mass is 9.87. The number of hydrogen-bond donors (Lipinski definition) is 1. The minimum Gasteiger partial charge on any atom is -0.480 e. The van der Waals surface area contributed by atoms with Gasteiger partial charge in [-0.2, -0.15) is 0 Å². The lowest BCUT2D eigenvalue weighted by molar-refractivity contribution is -0.145. The number of halogens is 2. The van der Waals surface area contributed by atoms with E-state index in [0.717, 1.165) is 62.2 Å². The maximum absolute atomic E-state index is 14.3. The van der Waals surface area contributed by atoms with Crippen LogP contribution in [0, 0.1) is 30.4 Å². The number of likely N-dealkylation sites (tertiary alicyclic amines) is 1. The summed E-state index contributed by atoms with van der Waals surface area (Å²) in [7, 11) is 1.93. The van der Waals surface area contributed by atoms with Crippen LogP contribution in [0.25, 0.3) is 5.65 Å². The van der Waals surface area contributed by atoms with Crippen molar-refractivity contribution in [3.05, 3.63) is 71.2 Å². The van der Waals surface area contributed by atoms with Crippen LogP contribution in [-0.4, -0.2) is 69.0 Å². The largest absolute Gasteiger partial charge is 0.480 e. The Morgan fingerprint density at radius 1 is 1.18 bits per heavy atom. The van der Waals surface area contributed by atoms with Crippen molar-refractivity contribution in [2.24, 2.45) is 11.8 Å². The summed E-state index contributed by atoms with van der Waals surface area (Å²) in [4.78, 5) is 21.1. The van der Waals surface area contributed by atoms with Gasteiger partial charge in [-0.05, 0) is 99.8 Å². The molecule has 3 aromatic rings. The van der Waals surface area contributed by atoms with Gasteiger partial charge in [0.25, 0.3) is 0 Å². The third kappa shape index (κ3) is 5.73. The fraction of sp³-hybridized carbons (Fsp3) is 0.548. The third-order valence-electron chi connectivity index (χ3n) is 9.16. The Morgan fingerprint density at radius 2 is 1.92 bits per heavy atom. The number of carbonyl (C=O) groups is 1. The van der Waals surface area contributed by atoms with Gasteiger partial charge in [0.05, 0.1) is 0 Å². The number of aromatic nitrogens is 2. The summed E-state index contributed by atoms with van der Waals surface area (Å²) in [5.74, 6) is -0.428. The first-order chi connectivity index (χ1) is 18.6. The number of nitrogens with zero attached hydrogens (tertiary/aromatic N) is 4. The monoisotopic (exact) mass is 538 g/mol. The van der Waals surface area contributed by atoms with Crippen LogP contribution < -0.4 is 0 Å². The topological polar surface area (TPSA) is 61.1 Å². The molecule has 1 aromatic carbocycles. The summed E-state index contributed by atoms with van der Waals surface area (Å²) >= 11 is 0. The molecule has 6 nitrogen and oxygen atoms in total. The minimum absolute atomic E-state index is 0.00443. The van der Waals surface area contributed by atoms with Gasteiger partial charge in [-0.3, -0.25) is 9.69 Å². The summed E-state index contributed by atoms with van der Waals surface area (Å²) in [6.07, 6.45) is 7.10. The van der Waals surface area contributed by atoms with Crippen molar-refractivity contribution < 1.29 is 18.7 Å². The molecule has 5 rings (SSSR count). The Labute approximate surface area is 229 Å². The number of aliphatic carboxylic acids is 1. The molecule has 0 spiro atoms. The number of likely N-dealkylation sites (N-methyl/N-ethyl adjacent to an activating group) is 1. The highest BCUT2D eigenvalue weighted by Gasteiger charge is 2.41. The zero-order chi connectivity index (χ0) is 27.8. The molecule has 0 radical (unpaired) electrons. The van der Waals surface area contributed by atoms with Crippen molar-refractivity contribution >= 4 is 11.6 Å². The molecule has 0 amide bonds. The van der Waals surface area contributed by atoms with E-state index in [0.29, 0.717) is 17.4 Å². The first kappa shape index (κ1) is 27.7. The SMILES string of the molecule is Cc1cc2ncc(C3CCN(C[C@H]4C[C@H](N(C)[C@@H](C(=O)O)C(C)C)C[C@@H]4c4cccc(F)c4)CC3)n2cc1F. The molecule has 0 unspecified atom stereocenters. The van der Waals surface area contributed by atoms with E-state index in [9.17, 15) is 18.7 Å². The minimum atomic E-state index is -0.789. The van der Waals surface area contributed by atoms with Crippen LogP contribution in [0.3, 0.4) is 0 Å². The number of benzene rings is 1. The normalized spacial score (nSPS) is 23.7. The van der Waals surface area contributed by atoms with Crippen molar-refractivity contribution in [2.75, 3.05) is 26.7 Å². The molecule has 4 atom stereocenters. The second kappa shape index (κ2) is 11.3. The van der Waals surface area contributed by atoms with Crippen molar-refractivity contribution in [1.29, 1.82) is 0 Å². The molecule has 2 aliphatic rings. The molecule has 39 heavy (non-hydrogen) atoms. The van der Waals surface area contributed by atoms with E-state index in [1.54, 1.807) is 31.3 Å². The van der Waals surface area contributed by atoms with E-state index in [2.05, 4.69) is 9.88 Å². The van der Waals surface area contributed by atoms with Gasteiger partial charge < -0.3 is 14.4 Å². The van der Waals surface area contributed by atoms with Crippen molar-refractivity contribution in [3.8, 4) is 0 Å². The van der Waals surface area contributed by atoms with Gasteiger partial charge >= 0.3 is 5.97 Å². The lowest BCUT2D eigenvalue weighted by Crippen LogP contribution is -2.47. The van der Waals surface area contributed by atoms with Crippen LogP contribution in [-0.2, 0) is 4.79 Å². The van der Waals surface area contributed by atoms with E-state index >= 15 is 0 Å². The third-order valence-corrected chi connectivity index (χ3v) is 9.16. The van der Waals surface area contributed by atoms with Crippen molar-refractivity contribution in [2.45, 2.75) is 70.4 Å². The van der Waals surface area contributed by atoms with Gasteiger partial charge in [0, 0.05) is 36.6 Å². The summed E-state index contributed by atoms with van der Waals surface area (Å²) in [6.45, 7) is 8.43. The molecule has 1 aliphatic heterocycles. The number of pyridine rings is 1. The van der Waals surface area contributed by atoms with E-state index in [1.165, 1.54) is 6.07 Å². The number of imidazole rings is 1. The van der Waals surface area contributed by atoms with E-state index in [1.807, 2.05) is 42.5 Å². The maximum Gasteiger partial charge on any atom is 0.321 e. The van der Waals surface area contributed by atoms with Crippen LogP contribution >= 0.6 is 0 Å². The molecule has 8 heteroatoms. The molecule has 3 heterocycles. The molecule has 1 N–H and O–H groups in total. The van der Waals surface area contributed by atoms with Crippen LogP contribution in [0.1, 0.15) is 68.2 Å². The lowest BCUT2D eigenvalue weighted by Gasteiger charge is -2.35. The van der Waals surface area contributed by atoms with Gasteiger partial charge in [-0.15, -0.1) is 0 Å². The first-order valence-electron chi connectivity index (χ1n) is 14.2. The van der Waals surface area contributed by atoms with Crippen molar-refractivity contribution in [3.63, 3.8) is 0 Å². The standard InChI is InChI=1S/C31H40F2N4O2/c1-19(2)30(31(38)39)35(4)25-14-23(26(15-25)22-6-5-7-24(32)13-22)17-36-10-8-21(9-11-36)28-16-34-29-12-20(3)27(33)18-37(28)29/h5-7,12-13,16,18-19,21,23,25-26,30H,8-11,14-15,17H2,1-4H3,(H,38,39)/t23-,25+,26-,30-/m1/s1. The number of rotatable bonds is 8. The Morgan fingerprint density at radius 3 is 2.59 bits per heavy atom. The second-order valence-corrected chi connectivity index (χ2v) is 12.0. The van der Waals surface area contributed by atoms with E-state index in [-0.39, 0.29) is 29.5 Å². The predicted octanol–water partition coefficient (Wildman–Crippen LogP) is 5.70. The highest BCUT2D eigenvalue weighted by atomic mass is 19.1. The van der Waals surface area contributed by atoms with Gasteiger partial charge in [0.2, 0.25) is 0 Å². The van der Waals surface area contributed by atoms with Crippen LogP contribution in [0.15, 0.2) is 42.7 Å². The Bertz CT molecular complexity index is 1320. The Hall–Kier alpha value is -2.84. The van der Waals surface area contributed by atoms with Crippen LogP contribution in [0.5, 0.6) is 0 Å². The Kier molecular flexibility index (Phi) is 8.06. The number of carboxylic acids is 1. The molecule has 0 bridgehead atoms. The second-order valence-electron chi connectivity index (χ2n) is 12.0. The number of piperidine rings is 1. The summed E-state index contributed by atoms with van der Waals surface area (Å²) in [5, 5.41) is 9.89. The summed E-state index contributed by atoms with van der Waals surface area (Å²) in [6, 6.07) is 8.29. The number of carboxylic acid groups (broad SMARTS) is 1. The molecule has 2 aromatic heterocycles. The van der Waals surface area contributed by atoms with Gasteiger partial charge in [-0.1, -0.05) is 26.0 Å². The molecule has 210 valence electrons. The average molecular weight is 539 g/mol.